The fourth-order valence-electron chi connectivity index (χ4n) is 4.34. The van der Waals surface area contributed by atoms with Crippen LogP contribution in [0.3, 0.4) is 0 Å². The number of anilines is 1. The first-order valence-corrected chi connectivity index (χ1v) is 15.4. The average molecular weight is 597 g/mol. The number of hydrogen-bond donors (Lipinski definition) is 4. The topological polar surface area (TPSA) is 150 Å². The lowest BCUT2D eigenvalue weighted by Crippen LogP contribution is -2.34. The van der Waals surface area contributed by atoms with Crippen LogP contribution in [-0.4, -0.2) is 48.3 Å². The number of phenols is 1. The molecule has 0 unspecified atom stereocenters. The molecule has 0 fully saturated rings. The van der Waals surface area contributed by atoms with Gasteiger partial charge in [-0.25, -0.2) is 4.98 Å². The SMILES string of the molecule is CCc1cc(CC)c(OCCCCC(C)(C)CNC(=O)c2ccc(N/N=C\c3ccccc3S(=O)(=O)O)nc2)cc1O. The van der Waals surface area contributed by atoms with Crippen LogP contribution in [0, 0.1) is 5.41 Å². The molecule has 0 aliphatic heterocycles. The lowest BCUT2D eigenvalue weighted by molar-refractivity contribution is 0.0933. The zero-order valence-corrected chi connectivity index (χ0v) is 25.4. The monoisotopic (exact) mass is 596 g/mol. The molecule has 0 aliphatic carbocycles. The van der Waals surface area contributed by atoms with E-state index in [1.54, 1.807) is 24.3 Å². The van der Waals surface area contributed by atoms with Crippen LogP contribution in [0.1, 0.15) is 74.0 Å². The third-order valence-corrected chi connectivity index (χ3v) is 7.79. The molecule has 0 bridgehead atoms. The molecule has 1 amide bonds. The number of aromatic hydroxyl groups is 1. The minimum absolute atomic E-state index is 0.118. The van der Waals surface area contributed by atoms with Gasteiger partial charge in [0.2, 0.25) is 0 Å². The van der Waals surface area contributed by atoms with Crippen molar-refractivity contribution in [3.05, 3.63) is 77.0 Å². The van der Waals surface area contributed by atoms with E-state index in [2.05, 4.69) is 41.6 Å². The Morgan fingerprint density at radius 2 is 1.81 bits per heavy atom. The second-order valence-corrected chi connectivity index (χ2v) is 12.2. The first-order valence-electron chi connectivity index (χ1n) is 14.0. The quantitative estimate of drug-likeness (QED) is 0.0765. The molecular formula is C31H40N4O6S. The number of benzene rings is 2. The Hall–Kier alpha value is -3.96. The summed E-state index contributed by atoms with van der Waals surface area (Å²) in [6.45, 7) is 9.36. The van der Waals surface area contributed by atoms with Gasteiger partial charge in [0.1, 0.15) is 22.2 Å². The van der Waals surface area contributed by atoms with E-state index in [0.29, 0.717) is 24.5 Å². The second-order valence-electron chi connectivity index (χ2n) is 10.8. The van der Waals surface area contributed by atoms with Gasteiger partial charge in [0, 0.05) is 24.4 Å². The van der Waals surface area contributed by atoms with Crippen molar-refractivity contribution in [3.63, 3.8) is 0 Å². The number of aryl methyl sites for hydroxylation is 2. The van der Waals surface area contributed by atoms with Gasteiger partial charge in [0.15, 0.2) is 0 Å². The van der Waals surface area contributed by atoms with Gasteiger partial charge >= 0.3 is 0 Å². The zero-order chi connectivity index (χ0) is 30.8. The maximum absolute atomic E-state index is 12.7. The summed E-state index contributed by atoms with van der Waals surface area (Å²) in [7, 11) is -4.38. The average Bonchev–Trinajstić information content (AvgIpc) is 2.96. The normalized spacial score (nSPS) is 11.9. The highest BCUT2D eigenvalue weighted by Crippen LogP contribution is 2.30. The highest BCUT2D eigenvalue weighted by molar-refractivity contribution is 7.86. The third-order valence-electron chi connectivity index (χ3n) is 6.86. The van der Waals surface area contributed by atoms with Gasteiger partial charge in [0.25, 0.3) is 16.0 Å². The second kappa shape index (κ2) is 14.8. The zero-order valence-electron chi connectivity index (χ0n) is 24.6. The Labute approximate surface area is 248 Å². The summed E-state index contributed by atoms with van der Waals surface area (Å²) in [6.07, 6.45) is 7.00. The van der Waals surface area contributed by atoms with E-state index in [9.17, 15) is 22.9 Å². The Morgan fingerprint density at radius 1 is 1.07 bits per heavy atom. The number of aromatic nitrogens is 1. The molecule has 0 saturated heterocycles. The van der Waals surface area contributed by atoms with Crippen molar-refractivity contribution < 1.29 is 27.6 Å². The maximum atomic E-state index is 12.7. The first-order chi connectivity index (χ1) is 19.9. The predicted octanol–water partition coefficient (Wildman–Crippen LogP) is 5.61. The highest BCUT2D eigenvalue weighted by Gasteiger charge is 2.19. The van der Waals surface area contributed by atoms with Crippen molar-refractivity contribution in [1.29, 1.82) is 0 Å². The molecule has 10 nitrogen and oxygen atoms in total. The van der Waals surface area contributed by atoms with Crippen LogP contribution in [-0.2, 0) is 23.0 Å². The molecule has 1 aromatic heterocycles. The molecular weight excluding hydrogens is 556 g/mol. The summed E-state index contributed by atoms with van der Waals surface area (Å²) in [6, 6.07) is 12.8. The first kappa shape index (κ1) is 32.6. The Morgan fingerprint density at radius 3 is 2.48 bits per heavy atom. The number of nitrogens with one attached hydrogen (secondary N) is 2. The molecule has 4 N–H and O–H groups in total. The smallest absolute Gasteiger partial charge is 0.295 e. The van der Waals surface area contributed by atoms with Crippen molar-refractivity contribution in [2.24, 2.45) is 10.5 Å². The van der Waals surface area contributed by atoms with Gasteiger partial charge < -0.3 is 15.2 Å². The van der Waals surface area contributed by atoms with E-state index in [1.165, 1.54) is 30.6 Å². The standard InChI is InChI=1S/C31H40N4O6S/c1-5-22-17-23(6-2)27(18-26(22)36)41-16-10-9-15-31(3,4)21-33-30(37)25-13-14-29(32-19-25)35-34-20-24-11-7-8-12-28(24)42(38,39)40/h7-8,11-14,17-20,36H,5-6,9-10,15-16,21H2,1-4H3,(H,32,35)(H,33,37)(H,38,39,40)/b34-20-. The van der Waals surface area contributed by atoms with Gasteiger partial charge in [0.05, 0.1) is 18.4 Å². The molecule has 1 heterocycles. The number of amides is 1. The van der Waals surface area contributed by atoms with Crippen molar-refractivity contribution in [2.45, 2.75) is 64.7 Å². The van der Waals surface area contributed by atoms with Crippen LogP contribution in [0.25, 0.3) is 0 Å². The van der Waals surface area contributed by atoms with Gasteiger partial charge in [-0.1, -0.05) is 45.9 Å². The van der Waals surface area contributed by atoms with E-state index in [0.717, 1.165) is 49.0 Å². The number of phenolic OH excluding ortho intramolecular Hbond substituents is 1. The van der Waals surface area contributed by atoms with Crippen LogP contribution in [0.2, 0.25) is 0 Å². The predicted molar refractivity (Wildman–Crippen MR) is 164 cm³/mol. The maximum Gasteiger partial charge on any atom is 0.295 e. The molecule has 11 heteroatoms. The van der Waals surface area contributed by atoms with Gasteiger partial charge in [-0.2, -0.15) is 13.5 Å². The lowest BCUT2D eigenvalue weighted by atomic mass is 9.87. The molecule has 0 atom stereocenters. The molecule has 0 spiro atoms. The number of pyridine rings is 1. The molecule has 42 heavy (non-hydrogen) atoms. The molecule has 226 valence electrons. The van der Waals surface area contributed by atoms with Gasteiger partial charge in [-0.3, -0.25) is 14.8 Å². The van der Waals surface area contributed by atoms with Crippen LogP contribution in [0.4, 0.5) is 5.82 Å². The number of unbranched alkanes of at least 4 members (excludes halogenated alkanes) is 1. The van der Waals surface area contributed by atoms with Crippen LogP contribution < -0.4 is 15.5 Å². The van der Waals surface area contributed by atoms with Crippen molar-refractivity contribution in [1.82, 2.24) is 10.3 Å². The molecule has 0 aliphatic rings. The minimum atomic E-state index is -4.38. The summed E-state index contributed by atoms with van der Waals surface area (Å²) in [5.74, 6) is 1.13. The van der Waals surface area contributed by atoms with Crippen molar-refractivity contribution in [3.8, 4) is 11.5 Å². The summed E-state index contributed by atoms with van der Waals surface area (Å²) >= 11 is 0. The number of hydrogen-bond acceptors (Lipinski definition) is 8. The fraction of sp³-hybridized carbons (Fsp3) is 0.387. The van der Waals surface area contributed by atoms with E-state index in [1.807, 2.05) is 13.0 Å². The van der Waals surface area contributed by atoms with Crippen LogP contribution in [0.15, 0.2) is 64.7 Å². The van der Waals surface area contributed by atoms with Gasteiger partial charge in [-0.05, 0) is 72.9 Å². The van der Waals surface area contributed by atoms with E-state index >= 15 is 0 Å². The molecule has 2 aromatic carbocycles. The number of carbonyl (C=O) groups is 1. The molecule has 0 radical (unpaired) electrons. The molecule has 0 saturated carbocycles. The lowest BCUT2D eigenvalue weighted by Gasteiger charge is -2.25. The molecule has 3 rings (SSSR count). The van der Waals surface area contributed by atoms with Crippen LogP contribution >= 0.6 is 0 Å². The third kappa shape index (κ3) is 9.56. The number of ether oxygens (including phenoxy) is 1. The van der Waals surface area contributed by atoms with Gasteiger partial charge in [-0.15, -0.1) is 0 Å². The Balaban J connectivity index is 1.42. The Kier molecular flexibility index (Phi) is 11.5. The minimum Gasteiger partial charge on any atom is -0.508 e. The summed E-state index contributed by atoms with van der Waals surface area (Å²) in [5.41, 5.74) is 5.20. The summed E-state index contributed by atoms with van der Waals surface area (Å²) in [4.78, 5) is 16.6. The number of nitrogens with zero attached hydrogens (tertiary/aromatic N) is 2. The van der Waals surface area contributed by atoms with Crippen molar-refractivity contribution >= 4 is 28.1 Å². The number of hydrazone groups is 1. The molecule has 3 aromatic rings. The van der Waals surface area contributed by atoms with E-state index in [-0.39, 0.29) is 27.5 Å². The largest absolute Gasteiger partial charge is 0.508 e. The fourth-order valence-corrected chi connectivity index (χ4v) is 5.01. The highest BCUT2D eigenvalue weighted by atomic mass is 32.2. The number of carbonyl (C=O) groups excluding carboxylic acids is 1. The summed E-state index contributed by atoms with van der Waals surface area (Å²) < 4.78 is 38.3. The van der Waals surface area contributed by atoms with E-state index in [4.69, 9.17) is 4.74 Å². The summed E-state index contributed by atoms with van der Waals surface area (Å²) in [5, 5.41) is 17.1. The number of rotatable bonds is 15. The van der Waals surface area contributed by atoms with Crippen molar-refractivity contribution in [2.75, 3.05) is 18.6 Å². The van der Waals surface area contributed by atoms with Crippen LogP contribution in [0.5, 0.6) is 11.5 Å². The Bertz CT molecular complexity index is 1490. The van der Waals surface area contributed by atoms with E-state index < -0.39 is 10.1 Å².